The fourth-order valence-corrected chi connectivity index (χ4v) is 5.98. The van der Waals surface area contributed by atoms with Crippen molar-refractivity contribution in [3.8, 4) is 0 Å². The Morgan fingerprint density at radius 1 is 1.00 bits per heavy atom. The Morgan fingerprint density at radius 3 is 2.31 bits per heavy atom. The highest BCUT2D eigenvalue weighted by atomic mass is 16.4. The number of amides is 2. The second kappa shape index (κ2) is 12.6. The minimum absolute atomic E-state index is 0.0584. The number of aliphatic imine (C=N–C) groups is 1. The van der Waals surface area contributed by atoms with Crippen LogP contribution >= 0.6 is 0 Å². The maximum Gasteiger partial charge on any atom is 0.303 e. The maximum absolute atomic E-state index is 12.3. The molecule has 0 aromatic carbocycles. The first-order chi connectivity index (χ1) is 19.9. The molecule has 4 rings (SSSR count). The van der Waals surface area contributed by atoms with Gasteiger partial charge in [-0.05, 0) is 80.0 Å². The molecule has 0 saturated heterocycles. The molecule has 2 unspecified atom stereocenters. The molecule has 1 aromatic rings. The highest BCUT2D eigenvalue weighted by molar-refractivity contribution is 6.07. The number of carboxylic acids is 2. The van der Waals surface area contributed by atoms with Crippen molar-refractivity contribution in [2.75, 3.05) is 0 Å². The van der Waals surface area contributed by atoms with Crippen LogP contribution in [0.2, 0.25) is 0 Å². The summed E-state index contributed by atoms with van der Waals surface area (Å²) in [6.07, 6.45) is 7.39. The Hall–Kier alpha value is -4.47. The van der Waals surface area contributed by atoms with Crippen molar-refractivity contribution in [3.63, 3.8) is 0 Å². The van der Waals surface area contributed by atoms with E-state index in [4.69, 9.17) is 4.99 Å². The molecular weight excluding hydrogens is 536 g/mol. The van der Waals surface area contributed by atoms with Crippen LogP contribution in [0.1, 0.15) is 75.4 Å². The Balaban J connectivity index is 1.73. The molecule has 3 aliphatic heterocycles. The third-order valence-electron chi connectivity index (χ3n) is 8.35. The molecule has 3 aliphatic rings. The number of hydrogen-bond acceptors (Lipinski definition) is 5. The van der Waals surface area contributed by atoms with Crippen molar-refractivity contribution in [1.82, 2.24) is 15.6 Å². The number of nitrogens with zero attached hydrogens (tertiary/aromatic N) is 1. The summed E-state index contributed by atoms with van der Waals surface area (Å²) < 4.78 is 0. The fraction of sp³-hybridized carbons (Fsp3) is 0.406. The number of aromatic nitrogens is 1. The number of carbonyl (C=O) groups excluding carboxylic acids is 2. The first kappa shape index (κ1) is 30.5. The molecule has 0 fully saturated rings. The summed E-state index contributed by atoms with van der Waals surface area (Å²) in [5.74, 6) is -2.09. The number of allylic oxidation sites excluding steroid dienone is 2. The molecule has 42 heavy (non-hydrogen) atoms. The first-order valence-electron chi connectivity index (χ1n) is 14.2. The minimum Gasteiger partial charge on any atom is -0.481 e. The van der Waals surface area contributed by atoms with E-state index in [9.17, 15) is 29.4 Å². The van der Waals surface area contributed by atoms with Crippen LogP contribution in [-0.4, -0.2) is 56.7 Å². The van der Waals surface area contributed by atoms with Gasteiger partial charge in [-0.25, -0.2) is 0 Å². The zero-order valence-electron chi connectivity index (χ0n) is 24.5. The van der Waals surface area contributed by atoms with Crippen molar-refractivity contribution in [3.05, 3.63) is 74.8 Å². The van der Waals surface area contributed by atoms with Gasteiger partial charge < -0.3 is 25.8 Å². The summed E-state index contributed by atoms with van der Waals surface area (Å²) in [4.78, 5) is 55.8. The van der Waals surface area contributed by atoms with Crippen molar-refractivity contribution >= 4 is 35.5 Å². The number of nitrogens with one attached hydrogen (secondary N) is 3. The van der Waals surface area contributed by atoms with Gasteiger partial charge in [0.25, 0.3) is 5.91 Å². The van der Waals surface area contributed by atoms with E-state index in [0.29, 0.717) is 36.2 Å². The molecule has 2 atom stereocenters. The van der Waals surface area contributed by atoms with E-state index in [1.54, 1.807) is 0 Å². The van der Waals surface area contributed by atoms with Gasteiger partial charge in [0, 0.05) is 53.9 Å². The lowest BCUT2D eigenvalue weighted by Crippen LogP contribution is -2.31. The highest BCUT2D eigenvalue weighted by Gasteiger charge is 2.31. The van der Waals surface area contributed by atoms with Crippen LogP contribution in [0.4, 0.5) is 0 Å². The van der Waals surface area contributed by atoms with Crippen molar-refractivity contribution in [2.24, 2.45) is 4.99 Å². The molecule has 1 aromatic heterocycles. The second-order valence-corrected chi connectivity index (χ2v) is 10.9. The van der Waals surface area contributed by atoms with Gasteiger partial charge in [-0.3, -0.25) is 24.2 Å². The number of aromatic amines is 1. The van der Waals surface area contributed by atoms with Crippen LogP contribution in [-0.2, 0) is 32.0 Å². The molecule has 2 amide bonds. The Bertz CT molecular complexity index is 1520. The number of carboxylic acid groups (broad SMARTS) is 2. The largest absolute Gasteiger partial charge is 0.481 e. The number of rotatable bonds is 13. The van der Waals surface area contributed by atoms with Crippen LogP contribution in [0.15, 0.2) is 57.3 Å². The number of hydrogen-bond donors (Lipinski definition) is 5. The summed E-state index contributed by atoms with van der Waals surface area (Å²) in [7, 11) is 0. The molecule has 222 valence electrons. The van der Waals surface area contributed by atoms with Crippen LogP contribution in [0, 0.1) is 6.92 Å². The highest BCUT2D eigenvalue weighted by Crippen LogP contribution is 2.35. The molecule has 10 nitrogen and oxygen atoms in total. The topological polar surface area (TPSA) is 161 Å². The van der Waals surface area contributed by atoms with Crippen LogP contribution in [0.3, 0.4) is 0 Å². The molecule has 0 spiro atoms. The Morgan fingerprint density at radius 2 is 1.69 bits per heavy atom. The van der Waals surface area contributed by atoms with E-state index in [1.807, 2.05) is 39.8 Å². The zero-order chi connectivity index (χ0) is 30.7. The van der Waals surface area contributed by atoms with Crippen LogP contribution in [0.5, 0.6) is 0 Å². The molecule has 5 N–H and O–H groups in total. The number of H-pyrrole nitrogens is 1. The van der Waals surface area contributed by atoms with Gasteiger partial charge >= 0.3 is 11.9 Å². The Labute approximate surface area is 245 Å². The summed E-state index contributed by atoms with van der Waals surface area (Å²) in [5, 5.41) is 24.8. The van der Waals surface area contributed by atoms with E-state index in [2.05, 4.69) is 22.2 Å². The monoisotopic (exact) mass is 574 g/mol. The van der Waals surface area contributed by atoms with E-state index in [0.717, 1.165) is 51.2 Å². The summed E-state index contributed by atoms with van der Waals surface area (Å²) in [5.41, 5.74) is 8.75. The fourth-order valence-electron chi connectivity index (χ4n) is 5.98. The number of carbonyl (C=O) groups is 4. The van der Waals surface area contributed by atoms with Gasteiger partial charge in [0.1, 0.15) is 0 Å². The maximum atomic E-state index is 12.3. The quantitative estimate of drug-likeness (QED) is 0.239. The molecule has 0 aliphatic carbocycles. The van der Waals surface area contributed by atoms with Gasteiger partial charge in [0.05, 0.1) is 17.8 Å². The predicted molar refractivity (Wildman–Crippen MR) is 160 cm³/mol. The lowest BCUT2D eigenvalue weighted by atomic mass is 9.94. The van der Waals surface area contributed by atoms with Crippen molar-refractivity contribution in [2.45, 2.75) is 84.7 Å². The van der Waals surface area contributed by atoms with Crippen molar-refractivity contribution in [1.29, 1.82) is 0 Å². The zero-order valence-corrected chi connectivity index (χ0v) is 24.5. The molecule has 0 saturated carbocycles. The Kier molecular flexibility index (Phi) is 9.14. The van der Waals surface area contributed by atoms with Gasteiger partial charge in [-0.1, -0.05) is 19.6 Å². The molecule has 10 heteroatoms. The molecule has 0 radical (unpaired) electrons. The standard InChI is InChI=1S/C32H38N4O6/c1-6-19-12-20(33-32(19)42)13-24-16(3)22(8-10-29(37)38)27(34-24)15-28-23(9-11-30(39)40)17(4)25(35-28)14-26-21(7-2)18(5)31(41)36-26/h6,12,15,20,26,34H,1,7-11,13-14H2,2-5H3,(H,33,42)(H,36,41)(H,37,38)(H,39,40)/b28-15-. The lowest BCUT2D eigenvalue weighted by molar-refractivity contribution is -0.138. The smallest absolute Gasteiger partial charge is 0.303 e. The predicted octanol–water partition coefficient (Wildman–Crippen LogP) is 4.09. The summed E-state index contributed by atoms with van der Waals surface area (Å²) in [6, 6.07) is -0.400. The van der Waals surface area contributed by atoms with Crippen LogP contribution < -0.4 is 10.6 Å². The van der Waals surface area contributed by atoms with Gasteiger partial charge in [0.15, 0.2) is 0 Å². The number of aliphatic carboxylic acids is 2. The second-order valence-electron chi connectivity index (χ2n) is 10.9. The third-order valence-corrected chi connectivity index (χ3v) is 8.35. The summed E-state index contributed by atoms with van der Waals surface area (Å²) in [6.45, 7) is 11.4. The van der Waals surface area contributed by atoms with E-state index < -0.39 is 11.9 Å². The average molecular weight is 575 g/mol. The third kappa shape index (κ3) is 6.37. The molecular formula is C32H38N4O6. The summed E-state index contributed by atoms with van der Waals surface area (Å²) >= 11 is 0. The average Bonchev–Trinajstić information content (AvgIpc) is 3.61. The molecule has 0 bridgehead atoms. The van der Waals surface area contributed by atoms with E-state index in [-0.39, 0.29) is 43.2 Å². The van der Waals surface area contributed by atoms with E-state index in [1.165, 1.54) is 6.08 Å². The normalized spacial score (nSPS) is 21.2. The lowest BCUT2D eigenvalue weighted by Gasteiger charge is -2.15. The SMILES string of the molecule is C=CC1=CC(Cc2[nH]c(/C=C3\N=C(CC4NC(=O)C(C)=C4CC)C(C)=C3CCC(=O)O)c(CCC(=O)O)c2C)NC1=O. The minimum atomic E-state index is -0.913. The van der Waals surface area contributed by atoms with Gasteiger partial charge in [-0.15, -0.1) is 0 Å². The van der Waals surface area contributed by atoms with Gasteiger partial charge in [0.2, 0.25) is 5.91 Å². The van der Waals surface area contributed by atoms with Gasteiger partial charge in [-0.2, -0.15) is 0 Å². The first-order valence-corrected chi connectivity index (χ1v) is 14.2. The van der Waals surface area contributed by atoms with E-state index >= 15 is 0 Å². The molecule has 4 heterocycles. The van der Waals surface area contributed by atoms with Crippen molar-refractivity contribution < 1.29 is 29.4 Å². The van der Waals surface area contributed by atoms with Crippen LogP contribution in [0.25, 0.3) is 6.08 Å².